The van der Waals surface area contributed by atoms with Crippen molar-refractivity contribution in [3.05, 3.63) is 35.5 Å². The number of fused-ring (bicyclic) bond motifs is 1. The van der Waals surface area contributed by atoms with Crippen LogP contribution >= 0.6 is 0 Å². The maximum atomic E-state index is 11.9. The Labute approximate surface area is 110 Å². The van der Waals surface area contributed by atoms with Gasteiger partial charge in [0.25, 0.3) is 0 Å². The summed E-state index contributed by atoms with van der Waals surface area (Å²) in [4.78, 5) is 26.9. The predicted molar refractivity (Wildman–Crippen MR) is 72.0 cm³/mol. The Morgan fingerprint density at radius 2 is 2.11 bits per heavy atom. The number of amides is 1. The highest BCUT2D eigenvalue weighted by molar-refractivity contribution is 5.91. The van der Waals surface area contributed by atoms with Gasteiger partial charge in [-0.15, -0.1) is 0 Å². The zero-order chi connectivity index (χ0) is 14.0. The number of benzene rings is 1. The number of nitrogens with one attached hydrogen (secondary N) is 1. The van der Waals surface area contributed by atoms with Gasteiger partial charge in [0.1, 0.15) is 6.54 Å². The molecule has 2 aromatic rings. The molecule has 0 unspecified atom stereocenters. The molecule has 19 heavy (non-hydrogen) atoms. The third kappa shape index (κ3) is 2.76. The smallest absolute Gasteiger partial charge is 0.323 e. The van der Waals surface area contributed by atoms with Gasteiger partial charge in [0.2, 0.25) is 5.91 Å². The number of rotatable bonds is 4. The highest BCUT2D eigenvalue weighted by Gasteiger charge is 2.15. The Hall–Kier alpha value is -2.30. The van der Waals surface area contributed by atoms with Crippen LogP contribution in [-0.4, -0.2) is 40.5 Å². The number of carbonyl (C=O) groups excluding carboxylic acids is 1. The third-order valence-corrected chi connectivity index (χ3v) is 3.15. The molecule has 100 valence electrons. The third-order valence-electron chi connectivity index (χ3n) is 3.15. The number of hydrogen-bond donors (Lipinski definition) is 2. The number of carboxylic acid groups (broad SMARTS) is 1. The summed E-state index contributed by atoms with van der Waals surface area (Å²) in [5.74, 6) is -1.21. The molecule has 0 fully saturated rings. The van der Waals surface area contributed by atoms with E-state index in [2.05, 4.69) is 4.98 Å². The second kappa shape index (κ2) is 5.14. The fourth-order valence-electron chi connectivity index (χ4n) is 2.10. The van der Waals surface area contributed by atoms with Crippen molar-refractivity contribution in [2.75, 3.05) is 13.6 Å². The molecule has 0 saturated heterocycles. The SMILES string of the molecule is Cc1cccc2c(CC(=O)N(C)CC(=O)O)c[nH]c12. The molecule has 1 heterocycles. The summed E-state index contributed by atoms with van der Waals surface area (Å²) in [5.41, 5.74) is 3.03. The number of likely N-dealkylation sites (N-methyl/N-ethyl adjacent to an activating group) is 1. The quantitative estimate of drug-likeness (QED) is 0.876. The largest absolute Gasteiger partial charge is 0.480 e. The molecule has 1 amide bonds. The van der Waals surface area contributed by atoms with Gasteiger partial charge in [0.05, 0.1) is 6.42 Å². The lowest BCUT2D eigenvalue weighted by Crippen LogP contribution is -2.32. The Kier molecular flexibility index (Phi) is 3.55. The molecule has 0 saturated carbocycles. The van der Waals surface area contributed by atoms with Crippen LogP contribution < -0.4 is 0 Å². The summed E-state index contributed by atoms with van der Waals surface area (Å²) in [6.45, 7) is 1.72. The standard InChI is InChI=1S/C14H16N2O3/c1-9-4-3-5-11-10(7-15-14(9)11)6-12(17)16(2)8-13(18)19/h3-5,7,15H,6,8H2,1-2H3,(H,18,19). The van der Waals surface area contributed by atoms with Crippen molar-refractivity contribution in [1.82, 2.24) is 9.88 Å². The van der Waals surface area contributed by atoms with Crippen LogP contribution in [0.25, 0.3) is 10.9 Å². The van der Waals surface area contributed by atoms with E-state index in [1.54, 1.807) is 0 Å². The van der Waals surface area contributed by atoms with Crippen molar-refractivity contribution in [2.24, 2.45) is 0 Å². The van der Waals surface area contributed by atoms with Crippen molar-refractivity contribution in [3.8, 4) is 0 Å². The van der Waals surface area contributed by atoms with E-state index < -0.39 is 5.97 Å². The van der Waals surface area contributed by atoms with Crippen LogP contribution in [0.4, 0.5) is 0 Å². The first kappa shape index (κ1) is 13.1. The molecule has 0 aliphatic carbocycles. The van der Waals surface area contributed by atoms with E-state index in [1.807, 2.05) is 31.3 Å². The zero-order valence-electron chi connectivity index (χ0n) is 10.9. The topological polar surface area (TPSA) is 73.4 Å². The van der Waals surface area contributed by atoms with Crippen LogP contribution in [0.5, 0.6) is 0 Å². The fraction of sp³-hybridized carbons (Fsp3) is 0.286. The number of aromatic nitrogens is 1. The maximum Gasteiger partial charge on any atom is 0.323 e. The van der Waals surface area contributed by atoms with Gasteiger partial charge in [-0.3, -0.25) is 9.59 Å². The van der Waals surface area contributed by atoms with Crippen molar-refractivity contribution in [1.29, 1.82) is 0 Å². The van der Waals surface area contributed by atoms with Gasteiger partial charge in [-0.25, -0.2) is 0 Å². The van der Waals surface area contributed by atoms with E-state index in [0.717, 1.165) is 22.0 Å². The van der Waals surface area contributed by atoms with E-state index in [0.29, 0.717) is 0 Å². The Balaban J connectivity index is 2.20. The van der Waals surface area contributed by atoms with E-state index in [4.69, 9.17) is 5.11 Å². The number of aryl methyl sites for hydroxylation is 1. The van der Waals surface area contributed by atoms with Gasteiger partial charge >= 0.3 is 5.97 Å². The molecular weight excluding hydrogens is 244 g/mol. The average molecular weight is 260 g/mol. The number of aliphatic carboxylic acids is 1. The van der Waals surface area contributed by atoms with Gasteiger partial charge in [-0.2, -0.15) is 0 Å². The molecule has 5 nitrogen and oxygen atoms in total. The number of hydrogen-bond acceptors (Lipinski definition) is 2. The molecule has 1 aromatic heterocycles. The van der Waals surface area contributed by atoms with Gasteiger partial charge < -0.3 is 15.0 Å². The van der Waals surface area contributed by atoms with Crippen LogP contribution in [0.15, 0.2) is 24.4 Å². The highest BCUT2D eigenvalue weighted by Crippen LogP contribution is 2.21. The molecule has 0 bridgehead atoms. The summed E-state index contributed by atoms with van der Waals surface area (Å²) in [6.07, 6.45) is 2.01. The van der Waals surface area contributed by atoms with Crippen LogP contribution in [0.1, 0.15) is 11.1 Å². The zero-order valence-corrected chi connectivity index (χ0v) is 10.9. The van der Waals surface area contributed by atoms with Crippen molar-refractivity contribution >= 4 is 22.8 Å². The van der Waals surface area contributed by atoms with Crippen molar-refractivity contribution in [3.63, 3.8) is 0 Å². The second-order valence-electron chi connectivity index (χ2n) is 4.63. The minimum Gasteiger partial charge on any atom is -0.480 e. The monoisotopic (exact) mass is 260 g/mol. The molecule has 2 rings (SSSR count). The molecule has 0 aliphatic rings. The van der Waals surface area contributed by atoms with Gasteiger partial charge in [0, 0.05) is 24.1 Å². The number of nitrogens with zero attached hydrogens (tertiary/aromatic N) is 1. The van der Waals surface area contributed by atoms with Crippen LogP contribution in [0, 0.1) is 6.92 Å². The van der Waals surface area contributed by atoms with Crippen LogP contribution in [0.3, 0.4) is 0 Å². The first-order valence-electron chi connectivity index (χ1n) is 6.00. The Morgan fingerprint density at radius 3 is 2.79 bits per heavy atom. The lowest BCUT2D eigenvalue weighted by atomic mass is 10.1. The molecule has 2 N–H and O–H groups in total. The Morgan fingerprint density at radius 1 is 1.37 bits per heavy atom. The molecule has 0 spiro atoms. The van der Waals surface area contributed by atoms with Crippen molar-refractivity contribution in [2.45, 2.75) is 13.3 Å². The van der Waals surface area contributed by atoms with E-state index >= 15 is 0 Å². The number of para-hydroxylation sites is 1. The lowest BCUT2D eigenvalue weighted by Gasteiger charge is -2.13. The molecule has 0 atom stereocenters. The number of H-pyrrole nitrogens is 1. The minimum absolute atomic E-state index is 0.202. The lowest BCUT2D eigenvalue weighted by molar-refractivity contribution is -0.143. The first-order valence-corrected chi connectivity index (χ1v) is 6.00. The number of carboxylic acids is 1. The summed E-state index contributed by atoms with van der Waals surface area (Å²) < 4.78 is 0. The average Bonchev–Trinajstić information content (AvgIpc) is 2.73. The predicted octanol–water partition coefficient (Wildman–Crippen LogP) is 1.56. The summed E-state index contributed by atoms with van der Waals surface area (Å²) in [6, 6.07) is 5.90. The number of aromatic amines is 1. The summed E-state index contributed by atoms with van der Waals surface area (Å²) in [7, 11) is 1.50. The molecule has 0 aliphatic heterocycles. The van der Waals surface area contributed by atoms with Gasteiger partial charge in [-0.05, 0) is 18.1 Å². The van der Waals surface area contributed by atoms with E-state index in [9.17, 15) is 9.59 Å². The normalized spacial score (nSPS) is 10.6. The second-order valence-corrected chi connectivity index (χ2v) is 4.63. The summed E-state index contributed by atoms with van der Waals surface area (Å²) >= 11 is 0. The fourth-order valence-corrected chi connectivity index (χ4v) is 2.10. The van der Waals surface area contributed by atoms with Crippen LogP contribution in [-0.2, 0) is 16.0 Å². The summed E-state index contributed by atoms with van der Waals surface area (Å²) in [5, 5.41) is 9.68. The minimum atomic E-state index is -1.01. The van der Waals surface area contributed by atoms with Gasteiger partial charge in [0.15, 0.2) is 0 Å². The maximum absolute atomic E-state index is 11.9. The molecule has 5 heteroatoms. The van der Waals surface area contributed by atoms with Crippen molar-refractivity contribution < 1.29 is 14.7 Å². The molecule has 1 aromatic carbocycles. The van der Waals surface area contributed by atoms with Gasteiger partial charge in [-0.1, -0.05) is 18.2 Å². The van der Waals surface area contributed by atoms with E-state index in [1.165, 1.54) is 11.9 Å². The Bertz CT molecular complexity index is 631. The molecular formula is C14H16N2O3. The first-order chi connectivity index (χ1) is 8.99. The van der Waals surface area contributed by atoms with E-state index in [-0.39, 0.29) is 18.9 Å². The molecule has 0 radical (unpaired) electrons. The highest BCUT2D eigenvalue weighted by atomic mass is 16.4. The number of carbonyl (C=O) groups is 2. The van der Waals surface area contributed by atoms with Crippen LogP contribution in [0.2, 0.25) is 0 Å².